The van der Waals surface area contributed by atoms with Crippen molar-refractivity contribution in [3.8, 4) is 0 Å². The van der Waals surface area contributed by atoms with Gasteiger partial charge in [0.1, 0.15) is 11.7 Å². The summed E-state index contributed by atoms with van der Waals surface area (Å²) in [6, 6.07) is 0. The summed E-state index contributed by atoms with van der Waals surface area (Å²) in [4.78, 5) is 13.1. The van der Waals surface area contributed by atoms with Crippen molar-refractivity contribution >= 4 is 5.78 Å². The van der Waals surface area contributed by atoms with Gasteiger partial charge in [-0.3, -0.25) is 4.79 Å². The molecule has 1 saturated carbocycles. The zero-order valence-electron chi connectivity index (χ0n) is 18.4. The molecule has 0 amide bonds. The molecule has 1 aliphatic heterocycles. The summed E-state index contributed by atoms with van der Waals surface area (Å²) in [5.74, 6) is -1.23. The first-order valence-corrected chi connectivity index (χ1v) is 10.4. The Bertz CT molecular complexity index is 676. The molecule has 2 aliphatic carbocycles. The summed E-state index contributed by atoms with van der Waals surface area (Å²) in [5, 5.41) is 43.0. The van der Waals surface area contributed by atoms with E-state index in [-0.39, 0.29) is 74.3 Å². The van der Waals surface area contributed by atoms with Crippen molar-refractivity contribution in [1.82, 2.24) is 0 Å². The zero-order chi connectivity index (χ0) is 21.2. The van der Waals surface area contributed by atoms with Gasteiger partial charge in [-0.15, -0.1) is 0 Å². The van der Waals surface area contributed by atoms with Gasteiger partial charge in [0.15, 0.2) is 5.78 Å². The Balaban J connectivity index is 0.00000300. The number of fused-ring (bicyclic) bond motifs is 1. The monoisotopic (exact) mass is 623 g/mol. The molecule has 0 aromatic carbocycles. The maximum Gasteiger partial charge on any atom is 0.169 e. The quantitative estimate of drug-likeness (QED) is 0.354. The van der Waals surface area contributed by atoms with Crippen molar-refractivity contribution in [1.29, 1.82) is 0 Å². The van der Waals surface area contributed by atoms with Crippen molar-refractivity contribution in [2.45, 2.75) is 84.4 Å². The third kappa shape index (κ3) is 3.96. The van der Waals surface area contributed by atoms with E-state index in [0.717, 1.165) is 5.57 Å². The van der Waals surface area contributed by atoms with Crippen LogP contribution in [-0.4, -0.2) is 62.8 Å². The van der Waals surface area contributed by atoms with E-state index in [1.807, 2.05) is 13.8 Å². The van der Waals surface area contributed by atoms with Gasteiger partial charge in [-0.1, -0.05) is 26.8 Å². The van der Waals surface area contributed by atoms with Gasteiger partial charge in [0, 0.05) is 56.4 Å². The van der Waals surface area contributed by atoms with Crippen molar-refractivity contribution in [3.63, 3.8) is 0 Å². The Kier molecular flexibility index (Phi) is 7.63. The Morgan fingerprint density at radius 2 is 1.79 bits per heavy atom. The van der Waals surface area contributed by atoms with Crippen LogP contribution in [0.15, 0.2) is 11.6 Å². The van der Waals surface area contributed by atoms with Gasteiger partial charge in [-0.25, -0.2) is 0 Å². The summed E-state index contributed by atoms with van der Waals surface area (Å²) in [6.45, 7) is 11.3. The van der Waals surface area contributed by atoms with Crippen molar-refractivity contribution in [3.05, 3.63) is 11.6 Å². The van der Waals surface area contributed by atoms with Gasteiger partial charge in [0.25, 0.3) is 0 Å². The molecule has 3 aliphatic rings. The molecule has 163 valence electrons. The zero-order valence-corrected chi connectivity index (χ0v) is 23.2. The fourth-order valence-corrected chi connectivity index (χ4v) is 6.52. The summed E-state index contributed by atoms with van der Waals surface area (Å²) in [6.07, 6.45) is -0.541. The first-order valence-electron chi connectivity index (χ1n) is 10.4. The minimum atomic E-state index is -1.29. The Morgan fingerprint density at radius 3 is 2.28 bits per heavy atom. The van der Waals surface area contributed by atoms with Crippen LogP contribution in [0.5, 0.6) is 0 Å². The van der Waals surface area contributed by atoms with Crippen LogP contribution in [0.3, 0.4) is 0 Å². The van der Waals surface area contributed by atoms with Gasteiger partial charge < -0.3 is 25.2 Å². The smallest absolute Gasteiger partial charge is 0.169 e. The maximum atomic E-state index is 13.1. The van der Waals surface area contributed by atoms with Crippen molar-refractivity contribution < 1.29 is 74.0 Å². The van der Waals surface area contributed by atoms with E-state index in [1.165, 1.54) is 6.92 Å². The first kappa shape index (κ1) is 25.9. The second-order valence-corrected chi connectivity index (χ2v) is 10.3. The molecule has 1 saturated heterocycles. The minimum Gasteiger partial charge on any atom is -0.392 e. The number of carbonyl (C=O) groups excluding carboxylic acids is 1. The molecular formula is C22H36AcO6. The van der Waals surface area contributed by atoms with Crippen molar-refractivity contribution in [2.75, 3.05) is 6.61 Å². The van der Waals surface area contributed by atoms with Gasteiger partial charge in [0.2, 0.25) is 0 Å². The number of Topliss-reactive ketones (excluding diaryl/α,β-unsaturated/α-hetero) is 1. The number of ketones is 1. The number of aliphatic hydroxyl groups excluding tert-OH is 3. The fourth-order valence-electron chi connectivity index (χ4n) is 6.52. The standard InChI is InChI=1S/C22H36O6.Ac/c1-11-9-20(4,5)14(7-15(11)24)12(2)18-21(6,19(26)13(3)23)16(25)8-17-22(18,27)10-28-17;/h9,12-18,23-25,27H,7-8,10H2,1-6H3;. The van der Waals surface area contributed by atoms with E-state index >= 15 is 0 Å². The van der Waals surface area contributed by atoms with Crippen LogP contribution in [0.2, 0.25) is 0 Å². The molecule has 3 rings (SSSR count). The minimum absolute atomic E-state index is 0. The molecule has 4 N–H and O–H groups in total. The third-order valence-corrected chi connectivity index (χ3v) is 8.02. The summed E-state index contributed by atoms with van der Waals surface area (Å²) in [7, 11) is 0. The van der Waals surface area contributed by atoms with Crippen molar-refractivity contribution in [2.24, 2.45) is 28.6 Å². The van der Waals surface area contributed by atoms with Crippen LogP contribution in [0, 0.1) is 72.6 Å². The van der Waals surface area contributed by atoms with Crippen LogP contribution in [-0.2, 0) is 9.53 Å². The SMILES string of the molecule is CC1=CC(C)(C)C(C(C)C2C3(O)COC3CC(O)C2(C)C(=O)C(C)O)CC1O.[Ac]. The third-order valence-electron chi connectivity index (χ3n) is 8.02. The molecule has 0 bridgehead atoms. The summed E-state index contributed by atoms with van der Waals surface area (Å²) >= 11 is 0. The average Bonchev–Trinajstić information content (AvgIpc) is 2.58. The van der Waals surface area contributed by atoms with Crippen LogP contribution in [0.4, 0.5) is 0 Å². The molecule has 0 aromatic heterocycles. The molecular weight excluding hydrogens is 587 g/mol. The number of carbonyl (C=O) groups is 1. The van der Waals surface area contributed by atoms with Crippen LogP contribution >= 0.6 is 0 Å². The predicted molar refractivity (Wildman–Crippen MR) is 104 cm³/mol. The number of allylic oxidation sites excluding steroid dienone is 1. The van der Waals surface area contributed by atoms with Gasteiger partial charge >= 0.3 is 0 Å². The molecule has 0 spiro atoms. The van der Waals surface area contributed by atoms with E-state index in [0.29, 0.717) is 6.42 Å². The second-order valence-electron chi connectivity index (χ2n) is 10.3. The first-order chi connectivity index (χ1) is 12.8. The number of aliphatic hydroxyl groups is 4. The summed E-state index contributed by atoms with van der Waals surface area (Å²) < 4.78 is 5.55. The van der Waals surface area contributed by atoms with E-state index in [4.69, 9.17) is 4.74 Å². The molecule has 7 heteroatoms. The molecule has 1 radical (unpaired) electrons. The number of hydrogen-bond donors (Lipinski definition) is 4. The van der Waals surface area contributed by atoms with Crippen LogP contribution < -0.4 is 0 Å². The van der Waals surface area contributed by atoms with Gasteiger partial charge in [-0.05, 0) is 50.0 Å². The predicted octanol–water partition coefficient (Wildman–Crippen LogP) is 1.44. The van der Waals surface area contributed by atoms with Gasteiger partial charge in [-0.2, -0.15) is 0 Å². The Hall–Kier alpha value is 0.652. The fraction of sp³-hybridized carbons (Fsp3) is 0.864. The Labute approximate surface area is 209 Å². The van der Waals surface area contributed by atoms with E-state index in [2.05, 4.69) is 19.9 Å². The molecule has 1 heterocycles. The van der Waals surface area contributed by atoms with E-state index in [9.17, 15) is 25.2 Å². The average molecular weight is 624 g/mol. The van der Waals surface area contributed by atoms with E-state index in [1.54, 1.807) is 6.92 Å². The largest absolute Gasteiger partial charge is 0.392 e. The molecule has 6 nitrogen and oxygen atoms in total. The normalized spacial score (nSPS) is 45.7. The Morgan fingerprint density at radius 1 is 1.21 bits per heavy atom. The number of hydrogen-bond acceptors (Lipinski definition) is 6. The molecule has 9 unspecified atom stereocenters. The molecule has 0 aromatic rings. The molecule has 29 heavy (non-hydrogen) atoms. The molecule has 9 atom stereocenters. The van der Waals surface area contributed by atoms with E-state index < -0.39 is 47.1 Å². The maximum absolute atomic E-state index is 13.1. The second kappa shape index (κ2) is 8.54. The topological polar surface area (TPSA) is 107 Å². The number of rotatable bonds is 4. The number of ether oxygens (including phenoxy) is 1. The molecule has 2 fully saturated rings. The summed E-state index contributed by atoms with van der Waals surface area (Å²) in [5.41, 5.74) is -1.82. The van der Waals surface area contributed by atoms with Crippen LogP contribution in [0.25, 0.3) is 0 Å². The van der Waals surface area contributed by atoms with Crippen LogP contribution in [0.1, 0.15) is 54.4 Å². The van der Waals surface area contributed by atoms with Gasteiger partial charge in [0.05, 0.1) is 30.3 Å².